The molecule has 0 fully saturated rings. The van der Waals surface area contributed by atoms with Gasteiger partial charge < -0.3 is 9.67 Å². The first kappa shape index (κ1) is 9.71. The molecule has 0 amide bonds. The monoisotopic (exact) mass is 207 g/mol. The van der Waals surface area contributed by atoms with Gasteiger partial charge in [0.15, 0.2) is 0 Å². The van der Waals surface area contributed by atoms with Gasteiger partial charge in [0.25, 0.3) is 0 Å². The van der Waals surface area contributed by atoms with Crippen LogP contribution in [0.4, 0.5) is 4.39 Å². The molecular formula is C11H10FNO2. The van der Waals surface area contributed by atoms with E-state index in [4.69, 9.17) is 5.11 Å². The number of carboxylic acids is 1. The van der Waals surface area contributed by atoms with E-state index in [1.54, 1.807) is 19.1 Å². The first-order chi connectivity index (χ1) is 7.15. The van der Waals surface area contributed by atoms with Crippen LogP contribution in [0.25, 0.3) is 10.9 Å². The van der Waals surface area contributed by atoms with Gasteiger partial charge in [-0.2, -0.15) is 0 Å². The zero-order valence-corrected chi connectivity index (χ0v) is 8.20. The maximum Gasteiger partial charge on any atom is 0.352 e. The molecule has 2 rings (SSSR count). The van der Waals surface area contributed by atoms with Gasteiger partial charge in [-0.3, -0.25) is 0 Å². The van der Waals surface area contributed by atoms with Gasteiger partial charge in [-0.05, 0) is 19.1 Å². The van der Waals surface area contributed by atoms with Gasteiger partial charge in [-0.25, -0.2) is 9.18 Å². The Morgan fingerprint density at radius 2 is 2.27 bits per heavy atom. The standard InChI is InChI=1S/C11H10FNO2/c1-2-13-9(11(14)15)6-7-4-3-5-8(12)10(7)13/h3-6H,2H2,1H3,(H,14,15). The number of benzene rings is 1. The molecule has 4 heteroatoms. The number of hydrogen-bond donors (Lipinski definition) is 1. The highest BCUT2D eigenvalue weighted by molar-refractivity contribution is 5.94. The lowest BCUT2D eigenvalue weighted by Gasteiger charge is -2.04. The minimum Gasteiger partial charge on any atom is -0.477 e. The van der Waals surface area contributed by atoms with Crippen LogP contribution in [0.3, 0.4) is 0 Å². The number of carboxylic acid groups (broad SMARTS) is 1. The summed E-state index contributed by atoms with van der Waals surface area (Å²) >= 11 is 0. The number of para-hydroxylation sites is 1. The molecule has 0 bridgehead atoms. The third kappa shape index (κ3) is 1.38. The van der Waals surface area contributed by atoms with E-state index >= 15 is 0 Å². The summed E-state index contributed by atoms with van der Waals surface area (Å²) < 4.78 is 15.0. The molecule has 0 saturated heterocycles. The maximum absolute atomic E-state index is 13.5. The van der Waals surface area contributed by atoms with Crippen LogP contribution in [-0.2, 0) is 6.54 Å². The number of hydrogen-bond acceptors (Lipinski definition) is 1. The van der Waals surface area contributed by atoms with Crippen LogP contribution in [0.15, 0.2) is 24.3 Å². The summed E-state index contributed by atoms with van der Waals surface area (Å²) in [4.78, 5) is 10.9. The molecule has 0 atom stereocenters. The maximum atomic E-state index is 13.5. The summed E-state index contributed by atoms with van der Waals surface area (Å²) in [7, 11) is 0. The van der Waals surface area contributed by atoms with Crippen molar-refractivity contribution in [3.8, 4) is 0 Å². The predicted molar refractivity (Wildman–Crippen MR) is 54.5 cm³/mol. The Morgan fingerprint density at radius 3 is 2.87 bits per heavy atom. The highest BCUT2D eigenvalue weighted by Gasteiger charge is 2.15. The molecule has 78 valence electrons. The van der Waals surface area contributed by atoms with Crippen LogP contribution < -0.4 is 0 Å². The Morgan fingerprint density at radius 1 is 1.53 bits per heavy atom. The Balaban J connectivity index is 2.86. The summed E-state index contributed by atoms with van der Waals surface area (Å²) in [5, 5.41) is 9.57. The van der Waals surface area contributed by atoms with Crippen molar-refractivity contribution < 1.29 is 14.3 Å². The molecule has 0 aliphatic carbocycles. The number of rotatable bonds is 2. The van der Waals surface area contributed by atoms with Gasteiger partial charge in [0, 0.05) is 11.9 Å². The Labute approximate surface area is 85.7 Å². The molecule has 0 saturated carbocycles. The first-order valence-electron chi connectivity index (χ1n) is 4.66. The van der Waals surface area contributed by atoms with Crippen molar-refractivity contribution in [3.63, 3.8) is 0 Å². The van der Waals surface area contributed by atoms with Crippen LogP contribution in [0.5, 0.6) is 0 Å². The minimum absolute atomic E-state index is 0.123. The fraction of sp³-hybridized carbons (Fsp3) is 0.182. The number of nitrogens with zero attached hydrogens (tertiary/aromatic N) is 1. The largest absolute Gasteiger partial charge is 0.477 e. The number of fused-ring (bicyclic) bond motifs is 1. The summed E-state index contributed by atoms with van der Waals surface area (Å²) in [5.74, 6) is -1.42. The zero-order chi connectivity index (χ0) is 11.0. The quantitative estimate of drug-likeness (QED) is 0.822. The van der Waals surface area contributed by atoms with E-state index in [1.807, 2.05) is 0 Å². The van der Waals surface area contributed by atoms with Crippen molar-refractivity contribution in [2.24, 2.45) is 0 Å². The Hall–Kier alpha value is -1.84. The summed E-state index contributed by atoms with van der Waals surface area (Å²) in [5.41, 5.74) is 0.481. The van der Waals surface area contributed by atoms with Crippen molar-refractivity contribution in [3.05, 3.63) is 35.8 Å². The highest BCUT2D eigenvalue weighted by Crippen LogP contribution is 2.22. The van der Waals surface area contributed by atoms with Crippen LogP contribution in [0.2, 0.25) is 0 Å². The van der Waals surface area contributed by atoms with Crippen molar-refractivity contribution in [1.29, 1.82) is 0 Å². The fourth-order valence-corrected chi connectivity index (χ4v) is 1.78. The van der Waals surface area contributed by atoms with Gasteiger partial charge in [-0.1, -0.05) is 12.1 Å². The lowest BCUT2D eigenvalue weighted by Crippen LogP contribution is -2.07. The second-order valence-electron chi connectivity index (χ2n) is 3.26. The SMILES string of the molecule is CCn1c(C(=O)O)cc2cccc(F)c21. The molecule has 0 radical (unpaired) electrons. The Kier molecular flexibility index (Phi) is 2.19. The van der Waals surface area contributed by atoms with Gasteiger partial charge in [0.2, 0.25) is 0 Å². The number of aryl methyl sites for hydroxylation is 1. The van der Waals surface area contributed by atoms with Gasteiger partial charge in [-0.15, -0.1) is 0 Å². The molecular weight excluding hydrogens is 197 g/mol. The molecule has 15 heavy (non-hydrogen) atoms. The van der Waals surface area contributed by atoms with Crippen LogP contribution in [-0.4, -0.2) is 15.6 Å². The smallest absolute Gasteiger partial charge is 0.352 e. The number of aromatic nitrogens is 1. The lowest BCUT2D eigenvalue weighted by atomic mass is 10.2. The molecule has 0 aliphatic heterocycles. The van der Waals surface area contributed by atoms with E-state index in [-0.39, 0.29) is 11.5 Å². The zero-order valence-electron chi connectivity index (χ0n) is 8.20. The second kappa shape index (κ2) is 3.38. The van der Waals surface area contributed by atoms with Gasteiger partial charge >= 0.3 is 5.97 Å². The van der Waals surface area contributed by atoms with Crippen molar-refractivity contribution in [2.75, 3.05) is 0 Å². The molecule has 1 N–H and O–H groups in total. The molecule has 0 aliphatic rings. The average molecular weight is 207 g/mol. The highest BCUT2D eigenvalue weighted by atomic mass is 19.1. The molecule has 1 aromatic carbocycles. The summed E-state index contributed by atoms with van der Waals surface area (Å²) in [6, 6.07) is 6.10. The number of carbonyl (C=O) groups is 1. The molecule has 0 unspecified atom stereocenters. The van der Waals surface area contributed by atoms with Crippen molar-refractivity contribution >= 4 is 16.9 Å². The topological polar surface area (TPSA) is 42.2 Å². The van der Waals surface area contributed by atoms with Crippen LogP contribution in [0, 0.1) is 5.82 Å². The molecule has 1 heterocycles. The molecule has 0 spiro atoms. The molecule has 3 nitrogen and oxygen atoms in total. The van der Waals surface area contributed by atoms with E-state index < -0.39 is 5.97 Å². The van der Waals surface area contributed by atoms with E-state index in [0.29, 0.717) is 17.4 Å². The molecule has 2 aromatic rings. The minimum atomic E-state index is -1.03. The van der Waals surface area contributed by atoms with E-state index in [1.165, 1.54) is 16.7 Å². The normalized spacial score (nSPS) is 10.8. The second-order valence-corrected chi connectivity index (χ2v) is 3.26. The predicted octanol–water partition coefficient (Wildman–Crippen LogP) is 2.50. The molecule has 1 aromatic heterocycles. The number of halogens is 1. The average Bonchev–Trinajstić information content (AvgIpc) is 2.57. The summed E-state index contributed by atoms with van der Waals surface area (Å²) in [6.07, 6.45) is 0. The lowest BCUT2D eigenvalue weighted by molar-refractivity contribution is 0.0686. The third-order valence-corrected chi connectivity index (χ3v) is 2.41. The Bertz CT molecular complexity index is 531. The number of aromatic carboxylic acids is 1. The van der Waals surface area contributed by atoms with Gasteiger partial charge in [0.1, 0.15) is 11.5 Å². The van der Waals surface area contributed by atoms with Crippen molar-refractivity contribution in [2.45, 2.75) is 13.5 Å². The van der Waals surface area contributed by atoms with Gasteiger partial charge in [0.05, 0.1) is 5.52 Å². The first-order valence-corrected chi connectivity index (χ1v) is 4.66. The third-order valence-electron chi connectivity index (χ3n) is 2.41. The van der Waals surface area contributed by atoms with Crippen LogP contribution >= 0.6 is 0 Å². The van der Waals surface area contributed by atoms with E-state index in [0.717, 1.165) is 0 Å². The summed E-state index contributed by atoms with van der Waals surface area (Å²) in [6.45, 7) is 2.23. The van der Waals surface area contributed by atoms with Crippen molar-refractivity contribution in [1.82, 2.24) is 4.57 Å². The van der Waals surface area contributed by atoms with Crippen LogP contribution in [0.1, 0.15) is 17.4 Å². The fourth-order valence-electron chi connectivity index (χ4n) is 1.78. The van der Waals surface area contributed by atoms with E-state index in [9.17, 15) is 9.18 Å². The van der Waals surface area contributed by atoms with E-state index in [2.05, 4.69) is 0 Å².